The Bertz CT molecular complexity index is 1120. The molecule has 1 saturated heterocycles. The highest BCUT2D eigenvalue weighted by Gasteiger charge is 2.48. The molecule has 0 bridgehead atoms. The predicted molar refractivity (Wildman–Crippen MR) is 161 cm³/mol. The van der Waals surface area contributed by atoms with E-state index >= 15 is 0 Å². The van der Waals surface area contributed by atoms with E-state index in [0.717, 1.165) is 44.3 Å². The summed E-state index contributed by atoms with van der Waals surface area (Å²) in [6, 6.07) is 3.68. The molecule has 4 rings (SSSR count). The van der Waals surface area contributed by atoms with E-state index < -0.39 is 6.04 Å². The Kier molecular flexibility index (Phi) is 9.65. The number of hydrogen-bond donors (Lipinski definition) is 3. The van der Waals surface area contributed by atoms with E-state index in [1.165, 1.54) is 25.0 Å². The normalized spacial score (nSPS) is 25.1. The molecule has 0 radical (unpaired) electrons. The van der Waals surface area contributed by atoms with Crippen LogP contribution in [0.3, 0.4) is 0 Å². The van der Waals surface area contributed by atoms with Gasteiger partial charge in [-0.1, -0.05) is 53.5 Å². The van der Waals surface area contributed by atoms with Gasteiger partial charge in [0.25, 0.3) is 0 Å². The van der Waals surface area contributed by atoms with Crippen LogP contribution >= 0.6 is 0 Å². The lowest BCUT2D eigenvalue weighted by Crippen LogP contribution is -2.51. The number of benzene rings is 1. The molecule has 1 aromatic rings. The van der Waals surface area contributed by atoms with E-state index in [1.54, 1.807) is 6.07 Å². The average molecular weight is 569 g/mol. The van der Waals surface area contributed by atoms with E-state index in [4.69, 9.17) is 4.74 Å². The summed E-state index contributed by atoms with van der Waals surface area (Å²) in [7, 11) is 0. The fourth-order valence-corrected chi connectivity index (χ4v) is 6.87. The standard InChI is InChI=1S/C34H52N2O5/c1-7-9-30(41-22(2)18-25-15-16-33(3,4)34(25,5)6)27-10-8-17-36(27)32(40)26(19-23-11-12-23)35-31(39)21-24-13-14-28(37)29(38)20-24/h9,13-14,20,22-23,25-27,37-38H,7-8,10-12,15-19,21H2,1-6H3,(H,35,39)/b30-9+. The van der Waals surface area contributed by atoms with Gasteiger partial charge in [-0.05, 0) is 98.3 Å². The zero-order chi connectivity index (χ0) is 29.9. The Hall–Kier alpha value is -2.70. The molecule has 1 aliphatic heterocycles. The number of carbonyl (C=O) groups is 2. The molecule has 7 heteroatoms. The highest BCUT2D eigenvalue weighted by atomic mass is 16.5. The van der Waals surface area contributed by atoms with E-state index in [9.17, 15) is 19.8 Å². The van der Waals surface area contributed by atoms with Crippen LogP contribution in [0.25, 0.3) is 0 Å². The van der Waals surface area contributed by atoms with Crippen LogP contribution in [0.2, 0.25) is 0 Å². The van der Waals surface area contributed by atoms with Gasteiger partial charge in [0.15, 0.2) is 11.5 Å². The molecule has 1 aromatic carbocycles. The summed E-state index contributed by atoms with van der Waals surface area (Å²) < 4.78 is 6.67. The highest BCUT2D eigenvalue weighted by Crippen LogP contribution is 2.57. The molecule has 0 aromatic heterocycles. The number of nitrogens with one attached hydrogen (secondary N) is 1. The lowest BCUT2D eigenvalue weighted by atomic mass is 9.66. The number of nitrogens with zero attached hydrogens (tertiary/aromatic N) is 1. The van der Waals surface area contributed by atoms with Gasteiger partial charge in [0.2, 0.25) is 11.8 Å². The maximum Gasteiger partial charge on any atom is 0.245 e. The van der Waals surface area contributed by atoms with Crippen LogP contribution in [0.4, 0.5) is 0 Å². The molecule has 0 spiro atoms. The zero-order valence-corrected chi connectivity index (χ0v) is 26.0. The number of allylic oxidation sites excluding steroid dienone is 1. The second kappa shape index (κ2) is 12.7. The lowest BCUT2D eigenvalue weighted by molar-refractivity contribution is -0.137. The van der Waals surface area contributed by atoms with Crippen molar-refractivity contribution in [1.29, 1.82) is 0 Å². The van der Waals surface area contributed by atoms with Crippen molar-refractivity contribution in [2.45, 2.75) is 124 Å². The summed E-state index contributed by atoms with van der Waals surface area (Å²) in [6.07, 6.45) is 11.1. The minimum Gasteiger partial charge on any atom is -0.504 e. The van der Waals surface area contributed by atoms with Gasteiger partial charge in [0.1, 0.15) is 11.8 Å². The maximum absolute atomic E-state index is 14.0. The van der Waals surface area contributed by atoms with Gasteiger partial charge in [-0.25, -0.2) is 0 Å². The summed E-state index contributed by atoms with van der Waals surface area (Å²) in [5.41, 5.74) is 1.15. The molecule has 2 aliphatic carbocycles. The summed E-state index contributed by atoms with van der Waals surface area (Å²) in [5, 5.41) is 22.4. The van der Waals surface area contributed by atoms with Gasteiger partial charge in [-0.3, -0.25) is 9.59 Å². The number of hydrogen-bond acceptors (Lipinski definition) is 5. The molecule has 7 nitrogen and oxygen atoms in total. The van der Waals surface area contributed by atoms with Crippen LogP contribution < -0.4 is 5.32 Å². The van der Waals surface area contributed by atoms with Crippen molar-refractivity contribution >= 4 is 11.8 Å². The van der Waals surface area contributed by atoms with Crippen LogP contribution in [-0.4, -0.2) is 51.7 Å². The van der Waals surface area contributed by atoms with Crippen molar-refractivity contribution < 1.29 is 24.5 Å². The van der Waals surface area contributed by atoms with Crippen molar-refractivity contribution in [3.05, 3.63) is 35.6 Å². The number of rotatable bonds is 12. The third-order valence-electron chi connectivity index (χ3n) is 10.4. The van der Waals surface area contributed by atoms with Crippen LogP contribution in [0, 0.1) is 22.7 Å². The van der Waals surface area contributed by atoms with Gasteiger partial charge in [0, 0.05) is 6.54 Å². The molecule has 1 heterocycles. The topological polar surface area (TPSA) is 99.1 Å². The fourth-order valence-electron chi connectivity index (χ4n) is 6.87. The second-order valence-electron chi connectivity index (χ2n) is 14.0. The number of carbonyl (C=O) groups excluding carboxylic acids is 2. The first kappa shape index (κ1) is 31.2. The highest BCUT2D eigenvalue weighted by molar-refractivity contribution is 5.89. The van der Waals surface area contributed by atoms with Crippen molar-refractivity contribution in [3.63, 3.8) is 0 Å². The third-order valence-corrected chi connectivity index (χ3v) is 10.4. The number of ether oxygens (including phenoxy) is 1. The molecular formula is C34H52N2O5. The van der Waals surface area contributed by atoms with Crippen LogP contribution in [-0.2, 0) is 20.7 Å². The molecule has 3 aliphatic rings. The number of amides is 2. The molecule has 3 fully saturated rings. The monoisotopic (exact) mass is 568 g/mol. The third kappa shape index (κ3) is 7.39. The smallest absolute Gasteiger partial charge is 0.245 e. The lowest BCUT2D eigenvalue weighted by Gasteiger charge is -2.40. The van der Waals surface area contributed by atoms with Gasteiger partial charge < -0.3 is 25.2 Å². The quantitative estimate of drug-likeness (QED) is 0.198. The Labute approximate surface area is 246 Å². The largest absolute Gasteiger partial charge is 0.504 e. The minimum atomic E-state index is -0.580. The fraction of sp³-hybridized carbons (Fsp3) is 0.706. The molecule has 4 atom stereocenters. The first-order chi connectivity index (χ1) is 19.3. The summed E-state index contributed by atoms with van der Waals surface area (Å²) in [4.78, 5) is 28.9. The molecule has 41 heavy (non-hydrogen) atoms. The predicted octanol–water partition coefficient (Wildman–Crippen LogP) is 6.47. The Morgan fingerprint density at radius 3 is 2.44 bits per heavy atom. The molecular weight excluding hydrogens is 516 g/mol. The summed E-state index contributed by atoms with van der Waals surface area (Å²) in [5.74, 6) is 1.19. The van der Waals surface area contributed by atoms with Crippen molar-refractivity contribution in [1.82, 2.24) is 10.2 Å². The van der Waals surface area contributed by atoms with Crippen molar-refractivity contribution in [2.24, 2.45) is 22.7 Å². The first-order valence-electron chi connectivity index (χ1n) is 15.8. The summed E-state index contributed by atoms with van der Waals surface area (Å²) in [6.45, 7) is 14.5. The maximum atomic E-state index is 14.0. The van der Waals surface area contributed by atoms with Gasteiger partial charge in [-0.2, -0.15) is 0 Å². The van der Waals surface area contributed by atoms with Crippen LogP contribution in [0.1, 0.15) is 105 Å². The van der Waals surface area contributed by atoms with Crippen molar-refractivity contribution in [2.75, 3.05) is 6.54 Å². The average Bonchev–Trinajstić information content (AvgIpc) is 3.53. The minimum absolute atomic E-state index is 0.0294. The molecule has 2 amide bonds. The number of likely N-dealkylation sites (tertiary alicyclic amines) is 1. The van der Waals surface area contributed by atoms with Gasteiger partial charge >= 0.3 is 0 Å². The Balaban J connectivity index is 1.43. The molecule has 228 valence electrons. The van der Waals surface area contributed by atoms with E-state index in [2.05, 4.69) is 52.9 Å². The van der Waals surface area contributed by atoms with Crippen LogP contribution in [0.5, 0.6) is 11.5 Å². The number of phenols is 2. The summed E-state index contributed by atoms with van der Waals surface area (Å²) >= 11 is 0. The molecule has 3 N–H and O–H groups in total. The molecule has 2 saturated carbocycles. The zero-order valence-electron chi connectivity index (χ0n) is 26.0. The first-order valence-corrected chi connectivity index (χ1v) is 15.8. The Morgan fingerprint density at radius 2 is 1.83 bits per heavy atom. The second-order valence-corrected chi connectivity index (χ2v) is 14.0. The van der Waals surface area contributed by atoms with E-state index in [1.807, 2.05) is 4.90 Å². The van der Waals surface area contributed by atoms with Crippen molar-refractivity contribution in [3.8, 4) is 11.5 Å². The van der Waals surface area contributed by atoms with E-state index in [-0.39, 0.29) is 47.3 Å². The Morgan fingerprint density at radius 1 is 1.10 bits per heavy atom. The number of phenolic OH excluding ortho intramolecular Hbond substituents is 2. The SMILES string of the molecule is CC/C=C(/OC(C)CC1CCC(C)(C)C1(C)C)C1CCCN1C(=O)C(CC1CC1)NC(=O)Cc1ccc(O)c(O)c1. The number of aromatic hydroxyl groups is 2. The van der Waals surface area contributed by atoms with Crippen LogP contribution in [0.15, 0.2) is 30.0 Å². The van der Waals surface area contributed by atoms with E-state index in [0.29, 0.717) is 35.8 Å². The molecule has 4 unspecified atom stereocenters. The van der Waals surface area contributed by atoms with Gasteiger partial charge in [0.05, 0.1) is 18.6 Å². The van der Waals surface area contributed by atoms with Gasteiger partial charge in [-0.15, -0.1) is 0 Å².